The number of fused-ring (bicyclic) bond motifs is 2. The van der Waals surface area contributed by atoms with Crippen LogP contribution in [0.3, 0.4) is 0 Å². The second-order valence-electron chi connectivity index (χ2n) is 6.61. The third kappa shape index (κ3) is 2.56. The highest BCUT2D eigenvalue weighted by molar-refractivity contribution is 5.40. The molecule has 0 aliphatic heterocycles. The summed E-state index contributed by atoms with van der Waals surface area (Å²) < 4.78 is 5.47. The van der Waals surface area contributed by atoms with Crippen LogP contribution in [0.4, 0.5) is 0 Å². The molecule has 0 spiro atoms. The predicted molar refractivity (Wildman–Crippen MR) is 80.9 cm³/mol. The van der Waals surface area contributed by atoms with Crippen molar-refractivity contribution in [2.45, 2.75) is 46.1 Å². The van der Waals surface area contributed by atoms with Crippen molar-refractivity contribution in [2.24, 2.45) is 17.8 Å². The zero-order valence-electron chi connectivity index (χ0n) is 12.9. The maximum absolute atomic E-state index is 5.47. The third-order valence-corrected chi connectivity index (χ3v) is 5.33. The van der Waals surface area contributed by atoms with E-state index < -0.39 is 0 Å². The Morgan fingerprint density at radius 2 is 2.15 bits per heavy atom. The number of pyridine rings is 1. The van der Waals surface area contributed by atoms with E-state index in [1.807, 2.05) is 13.1 Å². The summed E-state index contributed by atoms with van der Waals surface area (Å²) in [7, 11) is 1.74. The summed E-state index contributed by atoms with van der Waals surface area (Å²) in [6.07, 6.45) is 7.80. The molecule has 2 bridgehead atoms. The summed E-state index contributed by atoms with van der Waals surface area (Å²) in [4.78, 5) is 4.56. The Bertz CT molecular complexity index is 486. The van der Waals surface area contributed by atoms with Crippen LogP contribution in [0, 0.1) is 31.6 Å². The van der Waals surface area contributed by atoms with Crippen LogP contribution in [0.25, 0.3) is 0 Å². The van der Waals surface area contributed by atoms with Gasteiger partial charge in [0.05, 0.1) is 12.8 Å². The van der Waals surface area contributed by atoms with Gasteiger partial charge in [-0.2, -0.15) is 0 Å². The molecule has 0 radical (unpaired) electrons. The zero-order chi connectivity index (χ0) is 14.1. The van der Waals surface area contributed by atoms with E-state index in [0.717, 1.165) is 47.9 Å². The van der Waals surface area contributed by atoms with E-state index in [-0.39, 0.29) is 0 Å². The fourth-order valence-corrected chi connectivity index (χ4v) is 4.25. The largest absolute Gasteiger partial charge is 0.496 e. The molecule has 3 atom stereocenters. The van der Waals surface area contributed by atoms with E-state index in [4.69, 9.17) is 4.74 Å². The van der Waals surface area contributed by atoms with Gasteiger partial charge in [-0.3, -0.25) is 4.98 Å². The molecule has 2 saturated carbocycles. The lowest BCUT2D eigenvalue weighted by molar-refractivity contribution is 0.318. The van der Waals surface area contributed by atoms with Crippen LogP contribution < -0.4 is 10.1 Å². The lowest BCUT2D eigenvalue weighted by atomic mass is 9.89. The highest BCUT2D eigenvalue weighted by Gasteiger charge is 2.38. The molecule has 1 N–H and O–H groups in total. The van der Waals surface area contributed by atoms with Gasteiger partial charge < -0.3 is 10.1 Å². The molecular formula is C17H26N2O. The minimum Gasteiger partial charge on any atom is -0.496 e. The highest BCUT2D eigenvalue weighted by Crippen LogP contribution is 2.47. The van der Waals surface area contributed by atoms with Crippen molar-refractivity contribution in [1.82, 2.24) is 10.3 Å². The fraction of sp³-hybridized carbons (Fsp3) is 0.706. The Kier molecular flexibility index (Phi) is 3.97. The Hall–Kier alpha value is -1.09. The first-order chi connectivity index (χ1) is 9.69. The zero-order valence-corrected chi connectivity index (χ0v) is 12.9. The molecule has 2 aliphatic rings. The van der Waals surface area contributed by atoms with Crippen molar-refractivity contribution in [2.75, 3.05) is 13.7 Å². The van der Waals surface area contributed by atoms with Crippen LogP contribution >= 0.6 is 0 Å². The van der Waals surface area contributed by atoms with Gasteiger partial charge in [-0.05, 0) is 57.4 Å². The van der Waals surface area contributed by atoms with Crippen molar-refractivity contribution in [3.05, 3.63) is 23.0 Å². The number of hydrogen-bond donors (Lipinski definition) is 1. The number of hydrogen-bond acceptors (Lipinski definition) is 3. The molecule has 1 heterocycles. The first kappa shape index (κ1) is 13.9. The molecule has 3 nitrogen and oxygen atoms in total. The van der Waals surface area contributed by atoms with Gasteiger partial charge in [0.25, 0.3) is 0 Å². The molecule has 3 rings (SSSR count). The summed E-state index contributed by atoms with van der Waals surface area (Å²) in [6.45, 7) is 6.16. The monoisotopic (exact) mass is 274 g/mol. The van der Waals surface area contributed by atoms with Gasteiger partial charge in [0.15, 0.2) is 0 Å². The number of nitrogens with one attached hydrogen (secondary N) is 1. The topological polar surface area (TPSA) is 34.1 Å². The van der Waals surface area contributed by atoms with Crippen molar-refractivity contribution in [1.29, 1.82) is 0 Å². The lowest BCUT2D eigenvalue weighted by Crippen LogP contribution is -2.26. The van der Waals surface area contributed by atoms with Crippen LogP contribution in [-0.4, -0.2) is 18.6 Å². The van der Waals surface area contributed by atoms with E-state index in [1.165, 1.54) is 31.2 Å². The molecule has 20 heavy (non-hydrogen) atoms. The minimum atomic E-state index is 0.858. The number of ether oxygens (including phenoxy) is 1. The summed E-state index contributed by atoms with van der Waals surface area (Å²) in [5.41, 5.74) is 3.41. The summed E-state index contributed by atoms with van der Waals surface area (Å²) in [5, 5.41) is 3.62. The van der Waals surface area contributed by atoms with Crippen LogP contribution in [0.1, 0.15) is 42.5 Å². The molecule has 110 valence electrons. The van der Waals surface area contributed by atoms with E-state index in [9.17, 15) is 0 Å². The summed E-state index contributed by atoms with van der Waals surface area (Å²) >= 11 is 0. The molecular weight excluding hydrogens is 248 g/mol. The fourth-order valence-electron chi connectivity index (χ4n) is 4.25. The first-order valence-electron chi connectivity index (χ1n) is 7.88. The number of aryl methyl sites for hydroxylation is 1. The average molecular weight is 274 g/mol. The van der Waals surface area contributed by atoms with Gasteiger partial charge in [0, 0.05) is 23.9 Å². The number of nitrogens with zero attached hydrogens (tertiary/aromatic N) is 1. The normalized spacial score (nSPS) is 28.1. The average Bonchev–Trinajstić information content (AvgIpc) is 3.04. The Morgan fingerprint density at radius 3 is 2.80 bits per heavy atom. The van der Waals surface area contributed by atoms with Gasteiger partial charge in [-0.1, -0.05) is 6.42 Å². The van der Waals surface area contributed by atoms with E-state index >= 15 is 0 Å². The van der Waals surface area contributed by atoms with Crippen LogP contribution in [0.5, 0.6) is 5.75 Å². The van der Waals surface area contributed by atoms with E-state index in [1.54, 1.807) is 7.11 Å². The molecule has 3 heteroatoms. The third-order valence-electron chi connectivity index (χ3n) is 5.33. The SMILES string of the molecule is COc1c(C)cnc(CNCC2CC3CCC2C3)c1C. The second-order valence-corrected chi connectivity index (χ2v) is 6.61. The van der Waals surface area contributed by atoms with Gasteiger partial charge in [0.1, 0.15) is 5.75 Å². The van der Waals surface area contributed by atoms with Crippen LogP contribution in [-0.2, 0) is 6.54 Å². The van der Waals surface area contributed by atoms with Crippen molar-refractivity contribution in [3.8, 4) is 5.75 Å². The molecule has 1 aromatic heterocycles. The van der Waals surface area contributed by atoms with E-state index in [0.29, 0.717) is 0 Å². The van der Waals surface area contributed by atoms with Crippen LogP contribution in [0.15, 0.2) is 6.20 Å². The number of rotatable bonds is 5. The minimum absolute atomic E-state index is 0.858. The van der Waals surface area contributed by atoms with Crippen molar-refractivity contribution < 1.29 is 4.74 Å². The summed E-state index contributed by atoms with van der Waals surface area (Å²) in [5.74, 6) is 3.92. The van der Waals surface area contributed by atoms with E-state index in [2.05, 4.69) is 17.2 Å². The Morgan fingerprint density at radius 1 is 1.30 bits per heavy atom. The highest BCUT2D eigenvalue weighted by atomic mass is 16.5. The summed E-state index contributed by atoms with van der Waals surface area (Å²) in [6, 6.07) is 0. The standard InChI is InChI=1S/C17H26N2O/c1-11-8-19-16(12(2)17(11)20-3)10-18-9-15-7-13-4-5-14(15)6-13/h8,13-15,18H,4-7,9-10H2,1-3H3. The number of aromatic nitrogens is 1. The molecule has 2 aliphatic carbocycles. The molecule has 2 fully saturated rings. The molecule has 0 saturated heterocycles. The quantitative estimate of drug-likeness (QED) is 0.895. The van der Waals surface area contributed by atoms with Crippen molar-refractivity contribution in [3.63, 3.8) is 0 Å². The maximum atomic E-state index is 5.47. The number of methoxy groups -OCH3 is 1. The van der Waals surface area contributed by atoms with Crippen molar-refractivity contribution >= 4 is 0 Å². The first-order valence-corrected chi connectivity index (χ1v) is 7.88. The Balaban J connectivity index is 1.56. The van der Waals surface area contributed by atoms with Gasteiger partial charge >= 0.3 is 0 Å². The molecule has 3 unspecified atom stereocenters. The van der Waals surface area contributed by atoms with Gasteiger partial charge in [-0.15, -0.1) is 0 Å². The molecule has 0 amide bonds. The van der Waals surface area contributed by atoms with Gasteiger partial charge in [0.2, 0.25) is 0 Å². The Labute approximate surface area is 122 Å². The van der Waals surface area contributed by atoms with Gasteiger partial charge in [-0.25, -0.2) is 0 Å². The lowest BCUT2D eigenvalue weighted by Gasteiger charge is -2.22. The predicted octanol–water partition coefficient (Wildman–Crippen LogP) is 3.23. The second kappa shape index (κ2) is 5.72. The maximum Gasteiger partial charge on any atom is 0.128 e. The smallest absolute Gasteiger partial charge is 0.128 e. The molecule has 1 aromatic rings. The molecule has 0 aromatic carbocycles. The van der Waals surface area contributed by atoms with Crippen LogP contribution in [0.2, 0.25) is 0 Å².